The summed E-state index contributed by atoms with van der Waals surface area (Å²) in [5.74, 6) is 0.122. The van der Waals surface area contributed by atoms with Gasteiger partial charge in [-0.2, -0.15) is 0 Å². The number of benzene rings is 13. The van der Waals surface area contributed by atoms with Gasteiger partial charge in [-0.1, -0.05) is 296 Å². The molecule has 0 saturated carbocycles. The van der Waals surface area contributed by atoms with Gasteiger partial charge in [-0.25, -0.2) is 0 Å². The monoisotopic (exact) mass is 1430 g/mol. The van der Waals surface area contributed by atoms with Gasteiger partial charge in [0.05, 0.1) is 33.4 Å². The lowest BCUT2D eigenvalue weighted by Gasteiger charge is -2.46. The van der Waals surface area contributed by atoms with Crippen molar-refractivity contribution in [3.05, 3.63) is 306 Å². The Kier molecular flexibility index (Phi) is 16.9. The van der Waals surface area contributed by atoms with Crippen LogP contribution in [0.3, 0.4) is 0 Å². The average Bonchev–Trinajstić information content (AvgIpc) is 0.736. The first-order valence-electron chi connectivity index (χ1n) is 40.0. The van der Waals surface area contributed by atoms with E-state index in [1.807, 2.05) is 0 Å². The molecule has 0 atom stereocenters. The Bertz CT molecular complexity index is 5530. The summed E-state index contributed by atoms with van der Waals surface area (Å²) in [6, 6.07) is 105. The molecule has 2 aliphatic rings. The zero-order chi connectivity index (χ0) is 77.2. The van der Waals surface area contributed by atoms with Crippen molar-refractivity contribution in [3.8, 4) is 55.9 Å². The fourth-order valence-electron chi connectivity index (χ4n) is 17.5. The molecular weight excluding hydrogens is 1330 g/mol. The van der Waals surface area contributed by atoms with E-state index in [0.29, 0.717) is 0 Å². The van der Waals surface area contributed by atoms with Crippen LogP contribution < -0.4 is 26.2 Å². The Morgan fingerprint density at radius 2 is 0.518 bits per heavy atom. The fraction of sp³-hybridized carbons (Fsp3) is 0.257. The van der Waals surface area contributed by atoms with E-state index in [2.05, 4.69) is 424 Å². The molecule has 2 aliphatic heterocycles. The zero-order valence-electron chi connectivity index (χ0n) is 68.3. The predicted octanol–water partition coefficient (Wildman–Crippen LogP) is 27.5. The van der Waals surface area contributed by atoms with Gasteiger partial charge in [0.15, 0.2) is 0 Å². The highest BCUT2D eigenvalue weighted by Crippen LogP contribution is 2.56. The number of anilines is 6. The number of rotatable bonds is 9. The first-order chi connectivity index (χ1) is 52.2. The van der Waals surface area contributed by atoms with Crippen LogP contribution in [0, 0.1) is 0 Å². The second-order valence-electron chi connectivity index (χ2n) is 38.1. The molecule has 4 heterocycles. The van der Waals surface area contributed by atoms with Crippen LogP contribution >= 0.6 is 0 Å². The first-order valence-corrected chi connectivity index (χ1v) is 40.0. The highest BCUT2D eigenvalue weighted by molar-refractivity contribution is 7.00. The van der Waals surface area contributed by atoms with Crippen molar-refractivity contribution in [1.29, 1.82) is 0 Å². The van der Waals surface area contributed by atoms with Crippen molar-refractivity contribution in [2.45, 2.75) is 177 Å². The largest absolute Gasteiger partial charge is 0.310 e. The Morgan fingerprint density at radius 3 is 0.764 bits per heavy atom. The van der Waals surface area contributed by atoms with E-state index in [0.717, 1.165) is 34.1 Å². The minimum atomic E-state index is -0.242. The van der Waals surface area contributed by atoms with Crippen LogP contribution in [0.2, 0.25) is 0 Å². The molecule has 0 spiro atoms. The van der Waals surface area contributed by atoms with E-state index >= 15 is 0 Å². The van der Waals surface area contributed by atoms with Gasteiger partial charge < -0.3 is 18.9 Å². The van der Waals surface area contributed by atoms with Gasteiger partial charge >= 0.3 is 0 Å². The molecule has 2 aromatic heterocycles. The third-order valence-corrected chi connectivity index (χ3v) is 24.0. The van der Waals surface area contributed by atoms with Crippen molar-refractivity contribution < 1.29 is 0 Å². The summed E-state index contributed by atoms with van der Waals surface area (Å²) in [7, 11) is 0. The standard InChI is InChI=1S/C105H105BN4/c1-65(2)70-53-95-97-96(54-70)110(99-81(68-37-29-23-30-38-68)61-76(105(18,19)20)62-82(99)69-39-31-24-32-40-69)94-64-78(108-91-51-43-73(102(9,10)11)57-85(91)86-58-74(103(12,13)14)44-52-92(86)108)46-48-88(94)106(97)87-47-45-77(107-89-49-41-71(100(3,4)5)55-83(89)84-56-72(101(6,7)8)42-50-90(84)107)63-93(87)109(95)98-79(66-33-25-21-26-34-66)59-75(104(15,16)17)60-80(98)67-35-27-22-28-36-67/h21-65H,1-20H3. The summed E-state index contributed by atoms with van der Waals surface area (Å²) >= 11 is 0. The Morgan fingerprint density at radius 1 is 0.255 bits per heavy atom. The molecule has 0 N–H and O–H groups in total. The average molecular weight is 1430 g/mol. The number of fused-ring (bicyclic) bond motifs is 10. The van der Waals surface area contributed by atoms with Crippen LogP contribution in [-0.2, 0) is 32.5 Å². The van der Waals surface area contributed by atoms with E-state index in [9.17, 15) is 0 Å². The molecule has 0 radical (unpaired) electrons. The number of hydrogen-bond donors (Lipinski definition) is 0. The molecule has 548 valence electrons. The molecule has 0 aliphatic carbocycles. The van der Waals surface area contributed by atoms with Crippen molar-refractivity contribution in [3.63, 3.8) is 0 Å². The van der Waals surface area contributed by atoms with Gasteiger partial charge in [0, 0.05) is 77.9 Å². The van der Waals surface area contributed by atoms with Crippen LogP contribution in [0.15, 0.2) is 267 Å². The quantitative estimate of drug-likeness (QED) is 0.134. The van der Waals surface area contributed by atoms with Crippen molar-refractivity contribution >= 4 is 101 Å². The van der Waals surface area contributed by atoms with Crippen LogP contribution in [0.5, 0.6) is 0 Å². The Labute approximate surface area is 654 Å². The summed E-state index contributed by atoms with van der Waals surface area (Å²) in [6.07, 6.45) is 0. The molecular formula is C105H105BN4. The normalized spacial score (nSPS) is 13.5. The van der Waals surface area contributed by atoms with Crippen molar-refractivity contribution in [1.82, 2.24) is 9.13 Å². The Hall–Kier alpha value is -10.9. The second kappa shape index (κ2) is 25.9. The van der Waals surface area contributed by atoms with Gasteiger partial charge in [-0.15, -0.1) is 0 Å². The smallest absolute Gasteiger partial charge is 0.252 e. The maximum absolute atomic E-state index is 2.76. The van der Waals surface area contributed by atoms with Gasteiger partial charge in [-0.3, -0.25) is 0 Å². The van der Waals surface area contributed by atoms with E-state index in [1.165, 1.54) is 155 Å². The van der Waals surface area contributed by atoms with Crippen molar-refractivity contribution in [2.24, 2.45) is 0 Å². The van der Waals surface area contributed by atoms with E-state index in [4.69, 9.17) is 0 Å². The van der Waals surface area contributed by atoms with Gasteiger partial charge in [0.25, 0.3) is 6.71 Å². The van der Waals surface area contributed by atoms with Gasteiger partial charge in [0.1, 0.15) is 0 Å². The molecule has 4 nitrogen and oxygen atoms in total. The third kappa shape index (κ3) is 12.2. The third-order valence-electron chi connectivity index (χ3n) is 24.0. The summed E-state index contributed by atoms with van der Waals surface area (Å²) in [5, 5.41) is 5.07. The number of aromatic nitrogens is 2. The van der Waals surface area contributed by atoms with E-state index < -0.39 is 0 Å². The molecule has 15 aromatic rings. The molecule has 0 saturated heterocycles. The van der Waals surface area contributed by atoms with E-state index in [-0.39, 0.29) is 45.1 Å². The summed E-state index contributed by atoms with van der Waals surface area (Å²) in [4.78, 5) is 5.51. The van der Waals surface area contributed by atoms with Crippen LogP contribution in [0.4, 0.5) is 34.1 Å². The zero-order valence-corrected chi connectivity index (χ0v) is 68.3. The fourth-order valence-corrected chi connectivity index (χ4v) is 17.5. The number of nitrogens with zero attached hydrogens (tertiary/aromatic N) is 4. The maximum atomic E-state index is 2.76. The molecule has 5 heteroatoms. The summed E-state index contributed by atoms with van der Waals surface area (Å²) in [5.41, 5.74) is 35.6. The van der Waals surface area contributed by atoms with Crippen LogP contribution in [0.1, 0.15) is 183 Å². The van der Waals surface area contributed by atoms with Gasteiger partial charge in [0.2, 0.25) is 0 Å². The highest BCUT2D eigenvalue weighted by atomic mass is 15.2. The summed E-state index contributed by atoms with van der Waals surface area (Å²) < 4.78 is 5.15. The minimum Gasteiger partial charge on any atom is -0.310 e. The second-order valence-corrected chi connectivity index (χ2v) is 38.1. The van der Waals surface area contributed by atoms with Crippen LogP contribution in [-0.4, -0.2) is 15.8 Å². The van der Waals surface area contributed by atoms with Gasteiger partial charge in [-0.05, 0) is 225 Å². The predicted molar refractivity (Wildman–Crippen MR) is 477 cm³/mol. The van der Waals surface area contributed by atoms with E-state index in [1.54, 1.807) is 0 Å². The topological polar surface area (TPSA) is 16.3 Å². The minimum absolute atomic E-state index is 0.0579. The molecule has 0 amide bonds. The maximum Gasteiger partial charge on any atom is 0.252 e. The lowest BCUT2D eigenvalue weighted by atomic mass is 9.33. The van der Waals surface area contributed by atoms with Crippen molar-refractivity contribution in [2.75, 3.05) is 9.80 Å². The lowest BCUT2D eigenvalue weighted by Crippen LogP contribution is -2.61. The Balaban J connectivity index is 1.06. The SMILES string of the molecule is CC(C)c1cc2c3c(c1)N(c1c(-c4ccccc4)cc(C(C)(C)C)cc1-c1ccccc1)c1cc(-n4c5ccc(C(C)(C)C)cc5c5cc(C(C)(C)C)ccc54)ccc1B3c1ccc(-n3c4ccc(C(C)(C)C)cc4c4cc(C(C)(C)C)ccc43)cc1N2c1c(-c2ccccc2)cc(C(C)(C)C)cc1-c1ccccc1. The number of hydrogen-bond acceptors (Lipinski definition) is 2. The molecule has 0 fully saturated rings. The lowest BCUT2D eigenvalue weighted by molar-refractivity contribution is 0.590. The highest BCUT2D eigenvalue weighted by Gasteiger charge is 2.47. The molecule has 13 aromatic carbocycles. The molecule has 0 unspecified atom stereocenters. The summed E-state index contributed by atoms with van der Waals surface area (Å²) in [6.45, 7) is 46.8. The molecule has 17 rings (SSSR count). The molecule has 0 bridgehead atoms. The molecule has 110 heavy (non-hydrogen) atoms. The van der Waals surface area contributed by atoms with Crippen LogP contribution in [0.25, 0.3) is 99.5 Å². The first kappa shape index (κ1) is 72.0.